The first-order valence-electron chi connectivity index (χ1n) is 7.73. The smallest absolute Gasteiger partial charge is 0.340 e. The molecule has 0 aliphatic heterocycles. The van der Waals surface area contributed by atoms with Crippen molar-refractivity contribution >= 4 is 29.2 Å². The number of halogens is 1. The van der Waals surface area contributed by atoms with E-state index < -0.39 is 17.0 Å². The first-order valence-corrected chi connectivity index (χ1v) is 8.11. The molecular formula is C18H17ClN2O5. The fraction of sp³-hybridized carbons (Fsp3) is 0.222. The summed E-state index contributed by atoms with van der Waals surface area (Å²) in [5.41, 5.74) is 0.668. The summed E-state index contributed by atoms with van der Waals surface area (Å²) >= 11 is 5.90. The van der Waals surface area contributed by atoms with E-state index in [-0.39, 0.29) is 22.2 Å². The SMILES string of the molecule is CC(OC(=O)c1ccc([N+](=O)[O-])cc1Cl)C(=O)N(C)Cc1ccccc1. The van der Waals surface area contributed by atoms with Gasteiger partial charge >= 0.3 is 5.97 Å². The maximum atomic E-state index is 12.4. The summed E-state index contributed by atoms with van der Waals surface area (Å²) in [6, 6.07) is 12.8. The zero-order valence-corrected chi connectivity index (χ0v) is 15.0. The Morgan fingerprint density at radius 3 is 2.46 bits per heavy atom. The lowest BCUT2D eigenvalue weighted by Crippen LogP contribution is -2.37. The van der Waals surface area contributed by atoms with Gasteiger partial charge in [-0.25, -0.2) is 4.79 Å². The number of benzene rings is 2. The summed E-state index contributed by atoms with van der Waals surface area (Å²) in [7, 11) is 1.61. The van der Waals surface area contributed by atoms with E-state index in [4.69, 9.17) is 16.3 Å². The van der Waals surface area contributed by atoms with Crippen molar-refractivity contribution in [1.29, 1.82) is 0 Å². The minimum atomic E-state index is -1.03. The second kappa shape index (κ2) is 8.44. The van der Waals surface area contributed by atoms with Crippen molar-refractivity contribution in [1.82, 2.24) is 4.90 Å². The van der Waals surface area contributed by atoms with Crippen LogP contribution in [0.5, 0.6) is 0 Å². The van der Waals surface area contributed by atoms with Gasteiger partial charge in [-0.2, -0.15) is 0 Å². The number of nitrogens with zero attached hydrogens (tertiary/aromatic N) is 2. The van der Waals surface area contributed by atoms with E-state index >= 15 is 0 Å². The number of carbonyl (C=O) groups is 2. The van der Waals surface area contributed by atoms with Crippen molar-refractivity contribution in [3.8, 4) is 0 Å². The Bertz CT molecular complexity index is 826. The number of hydrogen-bond donors (Lipinski definition) is 0. The van der Waals surface area contributed by atoms with Crippen LogP contribution < -0.4 is 0 Å². The van der Waals surface area contributed by atoms with E-state index in [9.17, 15) is 19.7 Å². The molecule has 26 heavy (non-hydrogen) atoms. The number of hydrogen-bond acceptors (Lipinski definition) is 5. The fourth-order valence-electron chi connectivity index (χ4n) is 2.30. The molecule has 0 aliphatic rings. The van der Waals surface area contributed by atoms with Gasteiger partial charge in [-0.1, -0.05) is 41.9 Å². The van der Waals surface area contributed by atoms with Crippen LogP contribution in [0.1, 0.15) is 22.8 Å². The molecule has 2 aromatic rings. The number of ether oxygens (including phenoxy) is 1. The molecule has 1 atom stereocenters. The van der Waals surface area contributed by atoms with Gasteiger partial charge in [0.15, 0.2) is 6.10 Å². The highest BCUT2D eigenvalue weighted by molar-refractivity contribution is 6.33. The number of amides is 1. The summed E-state index contributed by atoms with van der Waals surface area (Å²) in [5, 5.41) is 10.6. The van der Waals surface area contributed by atoms with Gasteiger partial charge in [0.1, 0.15) is 0 Å². The molecule has 0 aliphatic carbocycles. The summed E-state index contributed by atoms with van der Waals surface area (Å²) in [6.45, 7) is 1.83. The highest BCUT2D eigenvalue weighted by atomic mass is 35.5. The molecule has 1 unspecified atom stereocenters. The lowest BCUT2D eigenvalue weighted by atomic mass is 10.2. The number of esters is 1. The van der Waals surface area contributed by atoms with E-state index in [0.29, 0.717) is 6.54 Å². The molecule has 0 spiro atoms. The van der Waals surface area contributed by atoms with E-state index in [0.717, 1.165) is 17.7 Å². The van der Waals surface area contributed by atoms with Crippen molar-refractivity contribution < 1.29 is 19.2 Å². The Kier molecular flexibility index (Phi) is 6.30. The van der Waals surface area contributed by atoms with Crippen LogP contribution in [0.25, 0.3) is 0 Å². The average molecular weight is 377 g/mol. The second-order valence-corrected chi connectivity index (χ2v) is 6.06. The molecule has 8 heteroatoms. The van der Waals surface area contributed by atoms with Gasteiger partial charge < -0.3 is 9.64 Å². The number of nitro benzene ring substituents is 1. The molecule has 0 fully saturated rings. The topological polar surface area (TPSA) is 89.7 Å². The Balaban J connectivity index is 2.01. The first kappa shape index (κ1) is 19.4. The molecule has 2 aromatic carbocycles. The van der Waals surface area contributed by atoms with Crippen LogP contribution in [0.15, 0.2) is 48.5 Å². The maximum absolute atomic E-state index is 12.4. The molecule has 0 saturated heterocycles. The monoisotopic (exact) mass is 376 g/mol. The summed E-state index contributed by atoms with van der Waals surface area (Å²) in [6.07, 6.45) is -1.03. The zero-order valence-electron chi connectivity index (χ0n) is 14.2. The fourth-order valence-corrected chi connectivity index (χ4v) is 2.56. The van der Waals surface area contributed by atoms with E-state index in [1.54, 1.807) is 7.05 Å². The molecule has 7 nitrogen and oxygen atoms in total. The first-order chi connectivity index (χ1) is 12.3. The number of rotatable bonds is 6. The van der Waals surface area contributed by atoms with E-state index in [2.05, 4.69) is 0 Å². The third kappa shape index (κ3) is 4.80. The van der Waals surface area contributed by atoms with Crippen molar-refractivity contribution in [2.45, 2.75) is 19.6 Å². The van der Waals surface area contributed by atoms with Crippen molar-refractivity contribution in [3.05, 3.63) is 74.8 Å². The van der Waals surface area contributed by atoms with Gasteiger partial charge in [0.05, 0.1) is 15.5 Å². The van der Waals surface area contributed by atoms with Crippen molar-refractivity contribution in [2.24, 2.45) is 0 Å². The Morgan fingerprint density at radius 2 is 1.88 bits per heavy atom. The molecular weight excluding hydrogens is 360 g/mol. The van der Waals surface area contributed by atoms with Crippen LogP contribution in [-0.2, 0) is 16.1 Å². The zero-order chi connectivity index (χ0) is 19.3. The predicted octanol–water partition coefficient (Wildman–Crippen LogP) is 3.45. The molecule has 0 saturated carbocycles. The molecule has 0 N–H and O–H groups in total. The molecule has 0 radical (unpaired) electrons. The maximum Gasteiger partial charge on any atom is 0.340 e. The number of carbonyl (C=O) groups excluding carboxylic acids is 2. The van der Waals surface area contributed by atoms with Crippen LogP contribution in [0.3, 0.4) is 0 Å². The predicted molar refractivity (Wildman–Crippen MR) is 95.9 cm³/mol. The minimum absolute atomic E-state index is 0.0392. The van der Waals surface area contributed by atoms with Crippen molar-refractivity contribution in [3.63, 3.8) is 0 Å². The largest absolute Gasteiger partial charge is 0.449 e. The summed E-state index contributed by atoms with van der Waals surface area (Å²) in [4.78, 5) is 36.1. The van der Waals surface area contributed by atoms with E-state index in [1.165, 1.54) is 17.9 Å². The highest BCUT2D eigenvalue weighted by Crippen LogP contribution is 2.23. The van der Waals surface area contributed by atoms with Crippen LogP contribution in [0.4, 0.5) is 5.69 Å². The van der Waals surface area contributed by atoms with Gasteiger partial charge in [0.2, 0.25) is 0 Å². The van der Waals surface area contributed by atoms with Crippen molar-refractivity contribution in [2.75, 3.05) is 7.05 Å². The second-order valence-electron chi connectivity index (χ2n) is 5.65. The van der Waals surface area contributed by atoms with Crippen LogP contribution in [0.2, 0.25) is 5.02 Å². The standard InChI is InChI=1S/C18H17ClN2O5/c1-12(17(22)20(2)11-13-6-4-3-5-7-13)26-18(23)15-9-8-14(21(24)25)10-16(15)19/h3-10,12H,11H2,1-2H3. The Labute approximate surface area is 155 Å². The minimum Gasteiger partial charge on any atom is -0.449 e. The molecule has 0 aromatic heterocycles. The lowest BCUT2D eigenvalue weighted by Gasteiger charge is -2.21. The van der Waals surface area contributed by atoms with Crippen LogP contribution >= 0.6 is 11.6 Å². The Morgan fingerprint density at radius 1 is 1.23 bits per heavy atom. The van der Waals surface area contributed by atoms with Gasteiger partial charge in [-0.3, -0.25) is 14.9 Å². The molecule has 0 bridgehead atoms. The molecule has 2 rings (SSSR count). The van der Waals surface area contributed by atoms with Gasteiger partial charge in [-0.15, -0.1) is 0 Å². The highest BCUT2D eigenvalue weighted by Gasteiger charge is 2.24. The van der Waals surface area contributed by atoms with Gasteiger partial charge in [0, 0.05) is 25.7 Å². The van der Waals surface area contributed by atoms with Gasteiger partial charge in [0.25, 0.3) is 11.6 Å². The number of non-ortho nitro benzene ring substituents is 1. The lowest BCUT2D eigenvalue weighted by molar-refractivity contribution is -0.384. The molecule has 1 amide bonds. The van der Waals surface area contributed by atoms with Gasteiger partial charge in [-0.05, 0) is 18.6 Å². The summed E-state index contributed by atoms with van der Waals surface area (Å²) < 4.78 is 5.15. The third-order valence-electron chi connectivity index (χ3n) is 3.65. The average Bonchev–Trinajstić information content (AvgIpc) is 2.61. The quantitative estimate of drug-likeness (QED) is 0.437. The third-order valence-corrected chi connectivity index (χ3v) is 3.97. The number of likely N-dealkylation sites (N-methyl/N-ethyl adjacent to an activating group) is 1. The number of nitro groups is 1. The van der Waals surface area contributed by atoms with Crippen LogP contribution in [-0.4, -0.2) is 34.9 Å². The Hall–Kier alpha value is -2.93. The van der Waals surface area contributed by atoms with E-state index in [1.807, 2.05) is 30.3 Å². The molecule has 0 heterocycles. The summed E-state index contributed by atoms with van der Waals surface area (Å²) in [5.74, 6) is -1.20. The normalized spacial score (nSPS) is 11.5. The molecule has 136 valence electrons. The van der Waals surface area contributed by atoms with Crippen LogP contribution in [0, 0.1) is 10.1 Å².